The smallest absolute Gasteiger partial charge is 0.211 e. The zero-order valence-electron chi connectivity index (χ0n) is 10.7. The van der Waals surface area contributed by atoms with Crippen molar-refractivity contribution in [2.45, 2.75) is 6.08 Å². The second-order valence-corrected chi connectivity index (χ2v) is 0.533. The Kier molecular flexibility index (Phi) is 0.434. The zero-order chi connectivity index (χ0) is 11.6. The van der Waals surface area contributed by atoms with Crippen LogP contribution >= 0.6 is 0 Å². The van der Waals surface area contributed by atoms with Gasteiger partial charge in [-0.2, -0.15) is 0 Å². The molecule has 6 heavy (non-hydrogen) atoms. The lowest BCUT2D eigenvalue weighted by Crippen LogP contribution is -2.15. The van der Waals surface area contributed by atoms with Gasteiger partial charge in [-0.1, -0.05) is 0 Å². The van der Waals surface area contributed by atoms with Gasteiger partial charge < -0.3 is 15.3 Å². The highest BCUT2D eigenvalue weighted by Crippen LogP contribution is 1.71. The molecule has 38 valence electrons. The summed E-state index contributed by atoms with van der Waals surface area (Å²) in [5, 5.41) is 10.4. The van der Waals surface area contributed by atoms with Gasteiger partial charge in [0.15, 0.2) is 0 Å². The van der Waals surface area contributed by atoms with Crippen LogP contribution in [0.4, 0.5) is 0 Å². The van der Waals surface area contributed by atoms with Crippen molar-refractivity contribution in [3.63, 3.8) is 0 Å². The Morgan fingerprint density at radius 1 is 1.83 bits per heavy atom. The van der Waals surface area contributed by atoms with E-state index in [1.54, 1.807) is 0 Å². The average molecular weight is 100 g/mol. The Hall–Kier alpha value is -0.120. The van der Waals surface area contributed by atoms with Gasteiger partial charge in [-0.05, 0) is 0 Å². The summed E-state index contributed by atoms with van der Waals surface area (Å²) < 4.78 is 53.7. The van der Waals surface area contributed by atoms with Gasteiger partial charge in [-0.15, -0.1) is 0 Å². The maximum absolute atomic E-state index is 7.12. The molecule has 0 atom stereocenters. The molecule has 3 N–H and O–H groups in total. The van der Waals surface area contributed by atoms with Crippen LogP contribution in [0.15, 0.2) is 0 Å². The summed E-state index contributed by atoms with van der Waals surface area (Å²) >= 11 is 0. The summed E-state index contributed by atoms with van der Waals surface area (Å²) in [6, 6.07) is 0. The molecule has 0 aliphatic heterocycles. The molecule has 0 amide bonds. The fourth-order valence-electron chi connectivity index (χ4n) is 0.0208. The van der Waals surface area contributed by atoms with Crippen LogP contribution in [0.3, 0.4) is 0 Å². The third-order valence-electron chi connectivity index (χ3n) is 0.185. The van der Waals surface area contributed by atoms with E-state index >= 15 is 0 Å². The van der Waals surface area contributed by atoms with E-state index in [4.69, 9.17) is 11.1 Å². The van der Waals surface area contributed by atoms with Gasteiger partial charge >= 0.3 is 0 Å². The minimum Gasteiger partial charge on any atom is -0.394 e. The van der Waals surface area contributed by atoms with E-state index in [2.05, 4.69) is 15.3 Å². The minimum absolute atomic E-state index is 3.26. The van der Waals surface area contributed by atoms with Crippen LogP contribution in [-0.2, 0) is 0 Å². The average Bonchev–Trinajstić information content (AvgIpc) is 2.15. The molecule has 0 aliphatic rings. The molecule has 0 aromatic carbocycles. The molecule has 0 heterocycles. The van der Waals surface area contributed by atoms with Crippen LogP contribution in [0, 0.1) is 0 Å². The molecule has 0 unspecified atom stereocenters. The van der Waals surface area contributed by atoms with Crippen LogP contribution in [0.1, 0.15) is 6.85 Å². The quantitative estimate of drug-likeness (QED) is 0.387. The molecule has 0 aromatic heterocycles. The third kappa shape index (κ3) is 2.14. The van der Waals surface area contributed by atoms with E-state index in [9.17, 15) is 0 Å². The Balaban J connectivity index is 5.18. The predicted molar refractivity (Wildman–Crippen MR) is 20.2 cm³/mol. The lowest BCUT2D eigenvalue weighted by Gasteiger charge is -1.96. The van der Waals surface area contributed by atoms with E-state index in [1.807, 2.05) is 0 Å². The van der Waals surface area contributed by atoms with Crippen molar-refractivity contribution in [1.29, 1.82) is 4.29 Å². The second-order valence-electron chi connectivity index (χ2n) is 0.533. The lowest BCUT2D eigenvalue weighted by molar-refractivity contribution is 0.0450. The van der Waals surface area contributed by atoms with E-state index < -0.39 is 19.2 Å². The molecular weight excluding hydrogens is 84.0 g/mol. The Morgan fingerprint density at radius 2 is 2.50 bits per heavy atom. The molecule has 0 aliphatic carbocycles. The van der Waals surface area contributed by atoms with Gasteiger partial charge in [0, 0.05) is 0 Å². The van der Waals surface area contributed by atoms with Crippen LogP contribution in [0.5, 0.6) is 0 Å². The number of aliphatic hydroxyl groups is 3. The molecule has 0 saturated heterocycles. The fraction of sp³-hybridized carbons (Fsp3) is 1.00. The standard InChI is InChI=1S/C3H8O3/c4-1-3(6)2-5/h3-6H,1-2H2/i1D2,2D2,3D,4D,5D,6D. The van der Waals surface area contributed by atoms with Gasteiger partial charge in [-0.3, -0.25) is 0 Å². The molecule has 0 spiro atoms. The predicted octanol–water partition coefficient (Wildman–Crippen LogP) is -1.67. The first kappa shape index (κ1) is 0.844. The Labute approximate surface area is 47.4 Å². The lowest BCUT2D eigenvalue weighted by atomic mass is 10.4. The number of hydrogen-bond donors (Lipinski definition) is 3. The minimum atomic E-state index is -3.30. The monoisotopic (exact) mass is 100 g/mol. The first-order chi connectivity index (χ1) is 6.18. The van der Waals surface area contributed by atoms with Crippen LogP contribution in [0.2, 0.25) is 0 Å². The van der Waals surface area contributed by atoms with Crippen molar-refractivity contribution in [3.05, 3.63) is 0 Å². The first-order valence-corrected chi connectivity index (χ1v) is 1.11. The number of rotatable bonds is 5. The van der Waals surface area contributed by atoms with E-state index in [1.165, 1.54) is 0 Å². The van der Waals surface area contributed by atoms with Crippen molar-refractivity contribution < 1.29 is 22.2 Å². The summed E-state index contributed by atoms with van der Waals surface area (Å²) in [6.07, 6.45) is -3.30. The zero-order valence-corrected chi connectivity index (χ0v) is 2.72. The molecule has 3 nitrogen and oxygen atoms in total. The third-order valence-corrected chi connectivity index (χ3v) is 0.185. The second kappa shape index (κ2) is 3.08. The van der Waals surface area contributed by atoms with Crippen molar-refractivity contribution in [2.75, 3.05) is 13.1 Å². The largest absolute Gasteiger partial charge is 0.394 e. The van der Waals surface area contributed by atoms with E-state index in [0.29, 0.717) is 0 Å². The molecular formula is C3H8O3. The highest BCUT2D eigenvalue weighted by Gasteiger charge is 1.93. The van der Waals surface area contributed by atoms with Gasteiger partial charge in [0.25, 0.3) is 0 Å². The first-order valence-electron chi connectivity index (χ1n) is 4.84. The van der Waals surface area contributed by atoms with Crippen LogP contribution in [0.25, 0.3) is 0 Å². The van der Waals surface area contributed by atoms with Crippen molar-refractivity contribution in [1.82, 2.24) is 0 Å². The number of hydrogen-bond acceptors (Lipinski definition) is 3. The summed E-state index contributed by atoms with van der Waals surface area (Å²) in [7, 11) is 0. The molecule has 0 bridgehead atoms. The molecule has 0 rings (SSSR count). The molecule has 0 saturated carbocycles. The SMILES string of the molecule is [2H]OC([2H])([2H])C([2H])(O[2H])C([2H])([2H])O[2H]. The molecule has 0 aromatic rings. The maximum atomic E-state index is 7.12. The summed E-state index contributed by atoms with van der Waals surface area (Å²) in [6.45, 7) is -6.53. The van der Waals surface area contributed by atoms with Gasteiger partial charge in [0.05, 0.1) is 20.0 Å². The van der Waals surface area contributed by atoms with Crippen LogP contribution < -0.4 is 0 Å². The van der Waals surface area contributed by atoms with Crippen molar-refractivity contribution >= 4 is 0 Å². The molecule has 3 heteroatoms. The van der Waals surface area contributed by atoms with Crippen LogP contribution in [-0.4, -0.2) is 38.8 Å². The summed E-state index contributed by atoms with van der Waals surface area (Å²) in [4.78, 5) is 0. The van der Waals surface area contributed by atoms with E-state index in [-0.39, 0.29) is 0 Å². The van der Waals surface area contributed by atoms with E-state index in [0.717, 1.165) is 0 Å². The topological polar surface area (TPSA) is 60.7 Å². The highest BCUT2D eigenvalue weighted by atomic mass is 16.3. The van der Waals surface area contributed by atoms with Crippen molar-refractivity contribution in [2.24, 2.45) is 0 Å². The summed E-state index contributed by atoms with van der Waals surface area (Å²) in [5.41, 5.74) is 0. The fourth-order valence-corrected chi connectivity index (χ4v) is 0.0208. The Morgan fingerprint density at radius 3 is 2.83 bits per heavy atom. The Bertz CT molecular complexity index is 178. The van der Waals surface area contributed by atoms with Gasteiger partial charge in [0.1, 0.15) is 6.08 Å². The van der Waals surface area contributed by atoms with Gasteiger partial charge in [-0.25, -0.2) is 0 Å². The van der Waals surface area contributed by atoms with Crippen molar-refractivity contribution in [3.8, 4) is 0 Å². The molecule has 0 radical (unpaired) electrons. The maximum Gasteiger partial charge on any atom is 0.211 e. The summed E-state index contributed by atoms with van der Waals surface area (Å²) in [5.74, 6) is 0. The highest BCUT2D eigenvalue weighted by molar-refractivity contribution is 4.43. The molecule has 0 fully saturated rings. The van der Waals surface area contributed by atoms with Gasteiger partial charge in [0.2, 0.25) is 4.29 Å². The normalized spacial score (nSPS) is 35.3.